The Labute approximate surface area is 179 Å². The maximum absolute atomic E-state index is 12.4. The van der Waals surface area contributed by atoms with Gasteiger partial charge in [0.15, 0.2) is 5.82 Å². The highest BCUT2D eigenvalue weighted by atomic mass is 35.5. The third-order valence-electron chi connectivity index (χ3n) is 6.05. The summed E-state index contributed by atoms with van der Waals surface area (Å²) in [5, 5.41) is 0.721. The molecule has 4 heterocycles. The molecule has 0 saturated carbocycles. The van der Waals surface area contributed by atoms with Crippen LogP contribution in [0, 0.1) is 0 Å². The van der Waals surface area contributed by atoms with Gasteiger partial charge in [0.2, 0.25) is 0 Å². The number of fused-ring (bicyclic) bond motifs is 2. The van der Waals surface area contributed by atoms with Crippen molar-refractivity contribution in [1.29, 1.82) is 0 Å². The van der Waals surface area contributed by atoms with Gasteiger partial charge in [0, 0.05) is 59.8 Å². The minimum absolute atomic E-state index is 0.0727. The smallest absolute Gasteiger partial charge is 0.272 e. The number of nitrogens with zero attached hydrogens (tertiary/aromatic N) is 4. The van der Waals surface area contributed by atoms with Gasteiger partial charge in [-0.1, -0.05) is 29.8 Å². The summed E-state index contributed by atoms with van der Waals surface area (Å²) in [4.78, 5) is 23.8. The van der Waals surface area contributed by atoms with Crippen LogP contribution in [0.5, 0.6) is 0 Å². The van der Waals surface area contributed by atoms with Gasteiger partial charge >= 0.3 is 0 Å². The highest BCUT2D eigenvalue weighted by molar-refractivity contribution is 6.33. The van der Waals surface area contributed by atoms with Gasteiger partial charge in [-0.05, 0) is 42.7 Å². The van der Waals surface area contributed by atoms with E-state index in [2.05, 4.69) is 28.3 Å². The Morgan fingerprint density at radius 2 is 2.00 bits per heavy atom. The maximum Gasteiger partial charge on any atom is 0.272 e. The van der Waals surface area contributed by atoms with Gasteiger partial charge in [-0.3, -0.25) is 20.1 Å². The van der Waals surface area contributed by atoms with Crippen molar-refractivity contribution in [3.8, 4) is 11.1 Å². The molecule has 0 aliphatic carbocycles. The molecule has 30 heavy (non-hydrogen) atoms. The van der Waals surface area contributed by atoms with E-state index in [0.29, 0.717) is 5.82 Å². The van der Waals surface area contributed by atoms with E-state index >= 15 is 0 Å². The maximum atomic E-state index is 12.4. The molecule has 1 atom stereocenters. The van der Waals surface area contributed by atoms with Gasteiger partial charge in [0.05, 0.1) is 0 Å². The number of allylic oxidation sites excluding steroid dienone is 1. The molecular weight excluding hydrogens is 398 g/mol. The normalized spacial score (nSPS) is 18.6. The minimum Gasteiger partial charge on any atom is -0.300 e. The van der Waals surface area contributed by atoms with Gasteiger partial charge in [-0.15, -0.1) is 0 Å². The fourth-order valence-corrected chi connectivity index (χ4v) is 4.51. The molecule has 1 N–H and O–H groups in total. The average molecular weight is 420 g/mol. The molecule has 5 rings (SSSR count). The molecule has 0 spiro atoms. The molecule has 2 aliphatic heterocycles. The lowest BCUT2D eigenvalue weighted by Crippen LogP contribution is -2.52. The largest absolute Gasteiger partial charge is 0.300 e. The number of halogens is 1. The molecule has 1 aromatic carbocycles. The third-order valence-corrected chi connectivity index (χ3v) is 6.38. The molecule has 2 aliphatic rings. The fourth-order valence-electron chi connectivity index (χ4n) is 4.26. The van der Waals surface area contributed by atoms with E-state index in [-0.39, 0.29) is 11.7 Å². The summed E-state index contributed by atoms with van der Waals surface area (Å²) in [6.45, 7) is 5.73. The van der Waals surface area contributed by atoms with Crippen molar-refractivity contribution < 1.29 is 0 Å². The van der Waals surface area contributed by atoms with Crippen LogP contribution in [-0.2, 0) is 13.0 Å². The number of aromatic nitrogens is 3. The Kier molecular flexibility index (Phi) is 4.68. The van der Waals surface area contributed by atoms with Crippen LogP contribution in [-0.4, -0.2) is 32.3 Å². The lowest BCUT2D eigenvalue weighted by atomic mass is 9.98. The van der Waals surface area contributed by atoms with Crippen molar-refractivity contribution in [2.24, 2.45) is 0 Å². The number of nitrogens with one attached hydrogen (secondary N) is 1. The zero-order valence-corrected chi connectivity index (χ0v) is 17.6. The Bertz CT molecular complexity index is 1230. The molecule has 3 aromatic rings. The molecule has 0 fully saturated rings. The quantitative estimate of drug-likeness (QED) is 0.686. The van der Waals surface area contributed by atoms with Crippen molar-refractivity contribution in [1.82, 2.24) is 19.5 Å². The number of hydrogen-bond acceptors (Lipinski definition) is 5. The van der Waals surface area contributed by atoms with E-state index in [1.807, 2.05) is 37.4 Å². The van der Waals surface area contributed by atoms with Crippen molar-refractivity contribution in [2.45, 2.75) is 33.0 Å². The van der Waals surface area contributed by atoms with Crippen LogP contribution in [0.4, 0.5) is 0 Å². The number of pyridine rings is 1. The summed E-state index contributed by atoms with van der Waals surface area (Å²) in [5.41, 5.74) is 9.79. The van der Waals surface area contributed by atoms with Crippen LogP contribution in [0.25, 0.3) is 16.7 Å². The lowest BCUT2D eigenvalue weighted by Gasteiger charge is -2.40. The van der Waals surface area contributed by atoms with E-state index in [1.54, 1.807) is 10.9 Å². The van der Waals surface area contributed by atoms with Crippen molar-refractivity contribution in [3.63, 3.8) is 0 Å². The van der Waals surface area contributed by atoms with E-state index in [1.165, 1.54) is 17.2 Å². The first-order chi connectivity index (χ1) is 14.5. The number of rotatable bonds is 2. The van der Waals surface area contributed by atoms with Crippen molar-refractivity contribution in [2.75, 3.05) is 12.0 Å². The second-order valence-electron chi connectivity index (χ2n) is 7.81. The lowest BCUT2D eigenvalue weighted by molar-refractivity contribution is 0.204. The Morgan fingerprint density at radius 1 is 1.17 bits per heavy atom. The topological polar surface area (TPSA) is 63.1 Å². The van der Waals surface area contributed by atoms with Crippen molar-refractivity contribution in [3.05, 3.63) is 86.8 Å². The highest BCUT2D eigenvalue weighted by Gasteiger charge is 2.31. The summed E-state index contributed by atoms with van der Waals surface area (Å²) in [5.74, 6) is 0.677. The molecular formula is C23H22ClN5O. The van der Waals surface area contributed by atoms with Crippen LogP contribution in [0.1, 0.15) is 30.9 Å². The van der Waals surface area contributed by atoms with Gasteiger partial charge < -0.3 is 0 Å². The van der Waals surface area contributed by atoms with Crippen LogP contribution < -0.4 is 11.0 Å². The Hall–Kier alpha value is -2.96. The molecule has 7 heteroatoms. The summed E-state index contributed by atoms with van der Waals surface area (Å²) < 4.78 is 1.56. The SMILES string of the molecule is CC1=C(C)C(N2CCc3ncc(-c4ccccc4Cl)cc3C2)Nn2c1nccc2=O. The van der Waals surface area contributed by atoms with E-state index < -0.39 is 0 Å². The van der Waals surface area contributed by atoms with Crippen LogP contribution in [0.15, 0.2) is 59.2 Å². The standard InChI is InChI=1S/C23H22ClN5O/c1-14-15(2)23(27-29-21(30)7-9-25-22(14)29)28-10-8-20-17(13-28)11-16(12-26-20)18-5-3-4-6-19(18)24/h3-7,9,11-12,23,27H,8,10,13H2,1-2H3. The Balaban J connectivity index is 1.48. The van der Waals surface area contributed by atoms with E-state index in [0.717, 1.165) is 46.9 Å². The number of hydrogen-bond donors (Lipinski definition) is 1. The summed E-state index contributed by atoms with van der Waals surface area (Å²) in [6, 6.07) is 11.5. The molecule has 0 radical (unpaired) electrons. The second-order valence-corrected chi connectivity index (χ2v) is 8.22. The molecule has 0 saturated heterocycles. The first-order valence-corrected chi connectivity index (χ1v) is 10.4. The minimum atomic E-state index is -0.100. The predicted molar refractivity (Wildman–Crippen MR) is 119 cm³/mol. The zero-order valence-electron chi connectivity index (χ0n) is 16.9. The van der Waals surface area contributed by atoms with Gasteiger partial charge in [0.25, 0.3) is 5.56 Å². The van der Waals surface area contributed by atoms with Crippen molar-refractivity contribution >= 4 is 17.2 Å². The first-order valence-electron chi connectivity index (χ1n) is 10.0. The molecule has 1 unspecified atom stereocenters. The molecule has 152 valence electrons. The molecule has 0 amide bonds. The fraction of sp³-hybridized carbons (Fsp3) is 0.261. The molecule has 2 aromatic heterocycles. The second kappa shape index (κ2) is 7.38. The monoisotopic (exact) mass is 419 g/mol. The summed E-state index contributed by atoms with van der Waals surface area (Å²) >= 11 is 6.40. The van der Waals surface area contributed by atoms with E-state index in [4.69, 9.17) is 16.6 Å². The van der Waals surface area contributed by atoms with Gasteiger partial charge in [-0.25, -0.2) is 9.66 Å². The first kappa shape index (κ1) is 19.0. The highest BCUT2D eigenvalue weighted by Crippen LogP contribution is 2.32. The zero-order chi connectivity index (χ0) is 20.8. The molecule has 6 nitrogen and oxygen atoms in total. The predicted octanol–water partition coefficient (Wildman–Crippen LogP) is 3.69. The van der Waals surface area contributed by atoms with Gasteiger partial charge in [0.1, 0.15) is 6.17 Å². The third kappa shape index (κ3) is 3.13. The summed E-state index contributed by atoms with van der Waals surface area (Å²) in [7, 11) is 0. The average Bonchev–Trinajstić information content (AvgIpc) is 2.76. The Morgan fingerprint density at radius 3 is 2.83 bits per heavy atom. The molecule has 0 bridgehead atoms. The number of benzene rings is 1. The van der Waals surface area contributed by atoms with Gasteiger partial charge in [-0.2, -0.15) is 0 Å². The van der Waals surface area contributed by atoms with Crippen LogP contribution in [0.2, 0.25) is 5.02 Å². The van der Waals surface area contributed by atoms with Crippen LogP contribution >= 0.6 is 11.6 Å². The summed E-state index contributed by atoms with van der Waals surface area (Å²) in [6.07, 6.45) is 4.26. The van der Waals surface area contributed by atoms with E-state index in [9.17, 15) is 4.79 Å². The van der Waals surface area contributed by atoms with Crippen LogP contribution in [0.3, 0.4) is 0 Å².